The van der Waals surface area contributed by atoms with Gasteiger partial charge < -0.3 is 15.9 Å². The van der Waals surface area contributed by atoms with Crippen molar-refractivity contribution in [2.45, 2.75) is 77.4 Å². The molecule has 1 aromatic rings. The van der Waals surface area contributed by atoms with E-state index in [-0.39, 0.29) is 11.6 Å². The lowest BCUT2D eigenvalue weighted by Gasteiger charge is -2.58. The first-order chi connectivity index (χ1) is 13.0. The molecule has 3 fully saturated rings. The van der Waals surface area contributed by atoms with Crippen LogP contribution in [0.15, 0.2) is 42.0 Å². The second-order valence-corrected chi connectivity index (χ2v) is 10.3. The van der Waals surface area contributed by atoms with Gasteiger partial charge in [0.1, 0.15) is 0 Å². The Morgan fingerprint density at radius 1 is 0.964 bits per heavy atom. The van der Waals surface area contributed by atoms with Crippen LogP contribution in [0.4, 0.5) is 5.69 Å². The minimum atomic E-state index is -0.0966. The summed E-state index contributed by atoms with van der Waals surface area (Å²) in [5, 5.41) is 14.1. The number of aliphatic hydroxyl groups excluding tert-OH is 1. The molecule has 2 unspecified atom stereocenters. The number of para-hydroxylation sites is 1. The maximum Gasteiger partial charge on any atom is 0.0577 e. The van der Waals surface area contributed by atoms with E-state index in [9.17, 15) is 5.11 Å². The zero-order chi connectivity index (χ0) is 18.6. The number of hydrogen-bond donors (Lipinski definition) is 2. The van der Waals surface area contributed by atoms with Crippen molar-refractivity contribution in [2.24, 2.45) is 28.6 Å². The van der Waals surface area contributed by atoms with Gasteiger partial charge in [0.05, 0.1) is 6.10 Å². The average molecular weight is 384 g/mol. The van der Waals surface area contributed by atoms with Crippen molar-refractivity contribution in [3.63, 3.8) is 0 Å². The molecule has 0 aromatic heterocycles. The van der Waals surface area contributed by atoms with Crippen LogP contribution < -0.4 is 5.32 Å². The Kier molecular flexibility index (Phi) is 5.12. The lowest BCUT2D eigenvalue weighted by Crippen LogP contribution is -2.52. The molecule has 0 amide bonds. The molecule has 3 nitrogen and oxygen atoms in total. The minimum absolute atomic E-state index is 0. The van der Waals surface area contributed by atoms with E-state index >= 15 is 0 Å². The van der Waals surface area contributed by atoms with Crippen LogP contribution in [-0.2, 0) is 0 Å². The number of anilines is 1. The largest absolute Gasteiger partial charge is 0.412 e. The monoisotopic (exact) mass is 383 g/mol. The molecule has 4 N–H and O–H groups in total. The van der Waals surface area contributed by atoms with Crippen LogP contribution in [0.1, 0.15) is 65.2 Å². The predicted molar refractivity (Wildman–Crippen MR) is 115 cm³/mol. The summed E-state index contributed by atoms with van der Waals surface area (Å²) in [6.07, 6.45) is 12.2. The van der Waals surface area contributed by atoms with Crippen molar-refractivity contribution in [3.05, 3.63) is 42.0 Å². The Hall–Kier alpha value is -1.32. The molecule has 0 spiro atoms. The summed E-state index contributed by atoms with van der Waals surface area (Å²) in [5.74, 6) is 2.52. The average Bonchev–Trinajstić information content (AvgIpc) is 3.00. The Balaban J connectivity index is 0.00000192. The summed E-state index contributed by atoms with van der Waals surface area (Å²) < 4.78 is 0. The van der Waals surface area contributed by atoms with Crippen molar-refractivity contribution in [2.75, 3.05) is 5.32 Å². The normalized spacial score (nSPS) is 44.4. The Labute approximate surface area is 169 Å². The highest BCUT2D eigenvalue weighted by molar-refractivity contribution is 5.44. The zero-order valence-corrected chi connectivity index (χ0v) is 17.5. The third-order valence-corrected chi connectivity index (χ3v) is 9.19. The fourth-order valence-electron chi connectivity index (χ4n) is 7.61. The van der Waals surface area contributed by atoms with Crippen LogP contribution >= 0.6 is 0 Å². The molecule has 0 aliphatic heterocycles. The van der Waals surface area contributed by atoms with Crippen molar-refractivity contribution >= 4 is 5.69 Å². The molecule has 5 rings (SSSR count). The lowest BCUT2D eigenvalue weighted by atomic mass is 9.48. The first-order valence-corrected chi connectivity index (χ1v) is 11.2. The second kappa shape index (κ2) is 7.18. The van der Waals surface area contributed by atoms with E-state index in [2.05, 4.69) is 55.6 Å². The minimum Gasteiger partial charge on any atom is -0.412 e. The molecule has 0 radical (unpaired) electrons. The SMILES string of the molecule is C[C@]12CCC(O)CC1=CC[C@@H]1[C@H]2CC[C@]2(C)C(Nc3ccccc3)CC[C@@H]12.O. The number of allylic oxidation sites excluding steroid dienone is 1. The molecule has 0 heterocycles. The highest BCUT2D eigenvalue weighted by Gasteiger charge is 2.58. The summed E-state index contributed by atoms with van der Waals surface area (Å²) >= 11 is 0. The zero-order valence-electron chi connectivity index (χ0n) is 17.5. The molecule has 1 aromatic carbocycles. The van der Waals surface area contributed by atoms with Gasteiger partial charge in [0.25, 0.3) is 0 Å². The van der Waals surface area contributed by atoms with E-state index in [1.54, 1.807) is 5.57 Å². The number of benzene rings is 1. The van der Waals surface area contributed by atoms with Crippen molar-refractivity contribution in [1.82, 2.24) is 0 Å². The van der Waals surface area contributed by atoms with E-state index < -0.39 is 0 Å². The molecule has 28 heavy (non-hydrogen) atoms. The van der Waals surface area contributed by atoms with Crippen LogP contribution in [0, 0.1) is 28.6 Å². The predicted octanol–water partition coefficient (Wildman–Crippen LogP) is 4.97. The summed E-state index contributed by atoms with van der Waals surface area (Å²) in [6.45, 7) is 5.10. The summed E-state index contributed by atoms with van der Waals surface area (Å²) in [4.78, 5) is 0. The van der Waals surface area contributed by atoms with Crippen molar-refractivity contribution in [1.29, 1.82) is 0 Å². The maximum atomic E-state index is 10.2. The van der Waals surface area contributed by atoms with Gasteiger partial charge in [-0.1, -0.05) is 43.7 Å². The molecule has 4 aliphatic carbocycles. The first kappa shape index (κ1) is 20.0. The topological polar surface area (TPSA) is 63.8 Å². The van der Waals surface area contributed by atoms with E-state index in [0.29, 0.717) is 16.9 Å². The Morgan fingerprint density at radius 3 is 2.54 bits per heavy atom. The molecule has 3 heteroatoms. The van der Waals surface area contributed by atoms with Crippen LogP contribution in [0.2, 0.25) is 0 Å². The third kappa shape index (κ3) is 2.93. The van der Waals surface area contributed by atoms with Crippen molar-refractivity contribution < 1.29 is 10.6 Å². The number of fused-ring (bicyclic) bond motifs is 5. The third-order valence-electron chi connectivity index (χ3n) is 9.19. The van der Waals surface area contributed by atoms with Gasteiger partial charge >= 0.3 is 0 Å². The Morgan fingerprint density at radius 2 is 1.75 bits per heavy atom. The van der Waals surface area contributed by atoms with Gasteiger partial charge in [-0.05, 0) is 92.1 Å². The second-order valence-electron chi connectivity index (χ2n) is 10.3. The number of hydrogen-bond acceptors (Lipinski definition) is 2. The maximum absolute atomic E-state index is 10.2. The van der Waals surface area contributed by atoms with Crippen LogP contribution in [0.5, 0.6) is 0 Å². The summed E-state index contributed by atoms with van der Waals surface area (Å²) in [6, 6.07) is 11.4. The van der Waals surface area contributed by atoms with Gasteiger partial charge in [0, 0.05) is 11.7 Å². The molecular formula is C25H37NO2. The van der Waals surface area contributed by atoms with Crippen LogP contribution in [0.3, 0.4) is 0 Å². The van der Waals surface area contributed by atoms with Gasteiger partial charge in [-0.25, -0.2) is 0 Å². The standard InChI is InChI=1S/C25H35NO.H2O/c1-24-14-12-19(27)16-17(24)8-9-20-21-10-11-23(25(21,2)15-13-22(20)24)26-18-6-4-3-5-7-18;/h3-8,19-23,26-27H,9-16H2,1-2H3;1H2/t19?,20-,21-,22+,23?,24-,25-;/m0./s1. The van der Waals surface area contributed by atoms with E-state index in [1.807, 2.05) is 0 Å². The van der Waals surface area contributed by atoms with Gasteiger partial charge in [-0.3, -0.25) is 0 Å². The highest BCUT2D eigenvalue weighted by Crippen LogP contribution is 2.65. The van der Waals surface area contributed by atoms with E-state index in [0.717, 1.165) is 30.6 Å². The molecule has 0 bridgehead atoms. The van der Waals surface area contributed by atoms with Gasteiger partial charge in [0.15, 0.2) is 0 Å². The fraction of sp³-hybridized carbons (Fsp3) is 0.680. The highest BCUT2D eigenvalue weighted by atomic mass is 16.3. The number of aliphatic hydroxyl groups is 1. The quantitative estimate of drug-likeness (QED) is 0.709. The molecule has 7 atom stereocenters. The van der Waals surface area contributed by atoms with E-state index in [4.69, 9.17) is 0 Å². The molecule has 0 saturated heterocycles. The smallest absolute Gasteiger partial charge is 0.0577 e. The molecular weight excluding hydrogens is 346 g/mol. The molecule has 154 valence electrons. The molecule has 4 aliphatic rings. The first-order valence-electron chi connectivity index (χ1n) is 11.2. The number of nitrogens with one attached hydrogen (secondary N) is 1. The summed E-state index contributed by atoms with van der Waals surface area (Å²) in [7, 11) is 0. The van der Waals surface area contributed by atoms with Crippen molar-refractivity contribution in [3.8, 4) is 0 Å². The fourth-order valence-corrected chi connectivity index (χ4v) is 7.61. The van der Waals surface area contributed by atoms with Crippen LogP contribution in [-0.4, -0.2) is 22.7 Å². The van der Waals surface area contributed by atoms with Gasteiger partial charge in [-0.15, -0.1) is 0 Å². The Bertz CT molecular complexity index is 731. The summed E-state index contributed by atoms with van der Waals surface area (Å²) in [5.41, 5.74) is 3.65. The molecule has 3 saturated carbocycles. The van der Waals surface area contributed by atoms with E-state index in [1.165, 1.54) is 44.2 Å². The lowest BCUT2D eigenvalue weighted by molar-refractivity contribution is -0.0385. The van der Waals surface area contributed by atoms with Crippen LogP contribution in [0.25, 0.3) is 0 Å². The van der Waals surface area contributed by atoms with Gasteiger partial charge in [0.2, 0.25) is 0 Å². The van der Waals surface area contributed by atoms with Gasteiger partial charge in [-0.2, -0.15) is 0 Å². The number of rotatable bonds is 2.